The number of hydrogen-bond donors (Lipinski definition) is 1. The molecule has 2 amide bonds. The minimum atomic E-state index is -3.75. The molecule has 186 valence electrons. The zero-order chi connectivity index (χ0) is 25.6. The van der Waals surface area contributed by atoms with Crippen molar-refractivity contribution in [2.75, 3.05) is 23.7 Å². The minimum absolute atomic E-state index is 0.196. The smallest absolute Gasteiger partial charge is 0.244 e. The minimum Gasteiger partial charge on any atom is -0.354 e. The van der Waals surface area contributed by atoms with Crippen molar-refractivity contribution in [3.63, 3.8) is 0 Å². The Balaban J connectivity index is 2.41. The van der Waals surface area contributed by atoms with Crippen molar-refractivity contribution in [1.82, 2.24) is 10.2 Å². The summed E-state index contributed by atoms with van der Waals surface area (Å²) in [7, 11) is -3.75. The van der Waals surface area contributed by atoms with Crippen molar-refractivity contribution in [3.8, 4) is 0 Å². The Morgan fingerprint density at radius 3 is 2.21 bits per heavy atom. The quantitative estimate of drug-likeness (QED) is 0.555. The van der Waals surface area contributed by atoms with E-state index >= 15 is 0 Å². The predicted molar refractivity (Wildman–Crippen MR) is 137 cm³/mol. The van der Waals surface area contributed by atoms with E-state index in [0.29, 0.717) is 12.2 Å². The topological polar surface area (TPSA) is 86.8 Å². The fraction of sp³-hybridized carbons (Fsp3) is 0.462. The third kappa shape index (κ3) is 7.58. The predicted octanol–water partition coefficient (Wildman–Crippen LogP) is 3.57. The average Bonchev–Trinajstić information content (AvgIpc) is 2.74. The first-order valence-electron chi connectivity index (χ1n) is 11.5. The highest BCUT2D eigenvalue weighted by molar-refractivity contribution is 7.92. The SMILES string of the molecule is Cc1cccc(CN(C(=O)CN(c2cc(C)ccc2C)S(C)(=O)=O)C(C)C(=O)NCC(C)C)c1. The maximum Gasteiger partial charge on any atom is 0.244 e. The molecule has 0 aliphatic rings. The monoisotopic (exact) mass is 487 g/mol. The van der Waals surface area contributed by atoms with E-state index in [9.17, 15) is 18.0 Å². The Kier molecular flexibility index (Phi) is 9.27. The van der Waals surface area contributed by atoms with Crippen LogP contribution >= 0.6 is 0 Å². The number of carbonyl (C=O) groups is 2. The van der Waals surface area contributed by atoms with Gasteiger partial charge in [0, 0.05) is 13.1 Å². The summed E-state index contributed by atoms with van der Waals surface area (Å²) in [6, 6.07) is 12.4. The van der Waals surface area contributed by atoms with Crippen LogP contribution in [-0.2, 0) is 26.2 Å². The molecular formula is C26H37N3O4S. The van der Waals surface area contributed by atoms with Crippen molar-refractivity contribution >= 4 is 27.5 Å². The Labute approximate surface area is 204 Å². The van der Waals surface area contributed by atoms with Crippen LogP contribution in [0.4, 0.5) is 5.69 Å². The average molecular weight is 488 g/mol. The van der Waals surface area contributed by atoms with Gasteiger partial charge in [0.25, 0.3) is 0 Å². The third-order valence-electron chi connectivity index (χ3n) is 5.60. The van der Waals surface area contributed by atoms with Crippen LogP contribution in [0.5, 0.6) is 0 Å². The second kappa shape index (κ2) is 11.5. The maximum absolute atomic E-state index is 13.6. The molecule has 7 nitrogen and oxygen atoms in total. The van der Waals surface area contributed by atoms with Gasteiger partial charge in [0.15, 0.2) is 0 Å². The molecule has 34 heavy (non-hydrogen) atoms. The van der Waals surface area contributed by atoms with Crippen LogP contribution < -0.4 is 9.62 Å². The number of carbonyl (C=O) groups excluding carboxylic acids is 2. The Morgan fingerprint density at radius 2 is 1.62 bits per heavy atom. The molecule has 0 bridgehead atoms. The lowest BCUT2D eigenvalue weighted by molar-refractivity contribution is -0.139. The van der Waals surface area contributed by atoms with Crippen molar-refractivity contribution in [2.45, 2.75) is 54.1 Å². The number of amides is 2. The molecule has 0 spiro atoms. The normalized spacial score (nSPS) is 12.4. The van der Waals surface area contributed by atoms with Crippen LogP contribution in [0.2, 0.25) is 0 Å². The maximum atomic E-state index is 13.6. The van der Waals surface area contributed by atoms with Crippen molar-refractivity contribution in [3.05, 3.63) is 64.7 Å². The van der Waals surface area contributed by atoms with Gasteiger partial charge in [0.05, 0.1) is 11.9 Å². The lowest BCUT2D eigenvalue weighted by Gasteiger charge is -2.32. The summed E-state index contributed by atoms with van der Waals surface area (Å²) < 4.78 is 26.6. The first-order valence-corrected chi connectivity index (χ1v) is 13.3. The molecule has 0 aliphatic carbocycles. The van der Waals surface area contributed by atoms with Gasteiger partial charge in [-0.05, 0) is 56.4 Å². The van der Waals surface area contributed by atoms with Gasteiger partial charge in [0.1, 0.15) is 12.6 Å². The summed E-state index contributed by atoms with van der Waals surface area (Å²) in [6.45, 7) is 11.6. The molecule has 0 saturated heterocycles. The zero-order valence-corrected chi connectivity index (χ0v) is 22.1. The Hall–Kier alpha value is -2.87. The van der Waals surface area contributed by atoms with Crippen molar-refractivity contribution in [1.29, 1.82) is 0 Å². The molecule has 0 heterocycles. The van der Waals surface area contributed by atoms with Crippen LogP contribution in [0.3, 0.4) is 0 Å². The van der Waals surface area contributed by atoms with Gasteiger partial charge in [0.2, 0.25) is 21.8 Å². The molecule has 2 rings (SSSR count). The Morgan fingerprint density at radius 1 is 0.971 bits per heavy atom. The zero-order valence-electron chi connectivity index (χ0n) is 21.3. The van der Waals surface area contributed by atoms with E-state index in [2.05, 4.69) is 5.32 Å². The number of nitrogens with zero attached hydrogens (tertiary/aromatic N) is 2. The summed E-state index contributed by atoms with van der Waals surface area (Å²) in [4.78, 5) is 27.9. The fourth-order valence-electron chi connectivity index (χ4n) is 3.63. The standard InChI is InChI=1S/C26H37N3O4S/c1-18(2)15-27-26(31)22(6)28(16-23-10-8-9-19(3)13-23)25(30)17-29(34(7,32)33)24-14-20(4)11-12-21(24)5/h8-14,18,22H,15-17H2,1-7H3,(H,27,31). The van der Waals surface area contributed by atoms with Gasteiger partial charge in [-0.1, -0.05) is 55.8 Å². The lowest BCUT2D eigenvalue weighted by atomic mass is 10.1. The highest BCUT2D eigenvalue weighted by Gasteiger charge is 2.30. The van der Waals surface area contributed by atoms with Gasteiger partial charge in [-0.2, -0.15) is 0 Å². The summed E-state index contributed by atoms with van der Waals surface area (Å²) in [5.41, 5.74) is 4.00. The van der Waals surface area contributed by atoms with E-state index in [4.69, 9.17) is 0 Å². The van der Waals surface area contributed by atoms with E-state index < -0.39 is 28.5 Å². The molecule has 1 atom stereocenters. The van der Waals surface area contributed by atoms with Gasteiger partial charge < -0.3 is 10.2 Å². The van der Waals surface area contributed by atoms with Gasteiger partial charge in [-0.25, -0.2) is 8.42 Å². The van der Waals surface area contributed by atoms with E-state index in [-0.39, 0.29) is 18.4 Å². The number of sulfonamides is 1. The molecule has 8 heteroatoms. The molecule has 0 aliphatic heterocycles. The van der Waals surface area contributed by atoms with Gasteiger partial charge in [-0.3, -0.25) is 13.9 Å². The van der Waals surface area contributed by atoms with Crippen LogP contribution in [0, 0.1) is 26.7 Å². The first-order chi connectivity index (χ1) is 15.8. The van der Waals surface area contributed by atoms with Crippen molar-refractivity contribution in [2.24, 2.45) is 5.92 Å². The lowest BCUT2D eigenvalue weighted by Crippen LogP contribution is -2.51. The largest absolute Gasteiger partial charge is 0.354 e. The van der Waals surface area contributed by atoms with E-state index in [0.717, 1.165) is 32.8 Å². The van der Waals surface area contributed by atoms with E-state index in [1.807, 2.05) is 71.0 Å². The summed E-state index contributed by atoms with van der Waals surface area (Å²) >= 11 is 0. The molecule has 0 saturated carbocycles. The molecular weight excluding hydrogens is 450 g/mol. The number of benzene rings is 2. The van der Waals surface area contributed by atoms with E-state index in [1.54, 1.807) is 13.0 Å². The second-order valence-electron chi connectivity index (χ2n) is 9.39. The highest BCUT2D eigenvalue weighted by Crippen LogP contribution is 2.24. The first kappa shape index (κ1) is 27.4. The van der Waals surface area contributed by atoms with Gasteiger partial charge in [-0.15, -0.1) is 0 Å². The number of anilines is 1. The number of rotatable bonds is 10. The number of nitrogens with one attached hydrogen (secondary N) is 1. The fourth-order valence-corrected chi connectivity index (χ4v) is 4.52. The summed E-state index contributed by atoms with van der Waals surface area (Å²) in [5, 5.41) is 2.88. The van der Waals surface area contributed by atoms with Gasteiger partial charge >= 0.3 is 0 Å². The molecule has 2 aromatic rings. The number of aryl methyl sites for hydroxylation is 3. The molecule has 1 N–H and O–H groups in total. The van der Waals surface area contributed by atoms with E-state index in [1.165, 1.54) is 4.90 Å². The third-order valence-corrected chi connectivity index (χ3v) is 6.73. The summed E-state index contributed by atoms with van der Waals surface area (Å²) in [5.74, 6) is -0.450. The van der Waals surface area contributed by atoms with Crippen LogP contribution in [0.1, 0.15) is 43.0 Å². The molecule has 1 unspecified atom stereocenters. The Bertz CT molecular complexity index is 1130. The van der Waals surface area contributed by atoms with Crippen molar-refractivity contribution < 1.29 is 18.0 Å². The molecule has 0 fully saturated rings. The second-order valence-corrected chi connectivity index (χ2v) is 11.3. The van der Waals surface area contributed by atoms with Crippen LogP contribution in [0.25, 0.3) is 0 Å². The molecule has 0 aromatic heterocycles. The highest BCUT2D eigenvalue weighted by atomic mass is 32.2. The van der Waals surface area contributed by atoms with Crippen LogP contribution in [0.15, 0.2) is 42.5 Å². The van der Waals surface area contributed by atoms with Crippen LogP contribution in [-0.4, -0.2) is 50.5 Å². The molecule has 2 aromatic carbocycles. The summed E-state index contributed by atoms with van der Waals surface area (Å²) in [6.07, 6.45) is 1.09. The number of hydrogen-bond acceptors (Lipinski definition) is 4. The molecule has 0 radical (unpaired) electrons.